The number of amides is 1. The van der Waals surface area contributed by atoms with E-state index in [1.54, 1.807) is 0 Å². The lowest BCUT2D eigenvalue weighted by atomic mass is 9.98. The van der Waals surface area contributed by atoms with E-state index in [0.29, 0.717) is 5.75 Å². The molecule has 1 fully saturated rings. The van der Waals surface area contributed by atoms with Crippen molar-refractivity contribution in [3.8, 4) is 5.75 Å². The lowest BCUT2D eigenvalue weighted by molar-refractivity contribution is -0.118. The summed E-state index contributed by atoms with van der Waals surface area (Å²) in [6.45, 7) is 4.38. The Labute approximate surface area is 143 Å². The van der Waals surface area contributed by atoms with Gasteiger partial charge >= 0.3 is 0 Å². The maximum atomic E-state index is 12.2. The molecule has 0 radical (unpaired) electrons. The van der Waals surface area contributed by atoms with Gasteiger partial charge in [-0.05, 0) is 43.0 Å². The molecule has 1 aliphatic heterocycles. The third-order valence-corrected chi connectivity index (χ3v) is 4.42. The molecule has 24 heavy (non-hydrogen) atoms. The first-order chi connectivity index (χ1) is 11.7. The maximum absolute atomic E-state index is 12.2. The molecule has 1 N–H and O–H groups in total. The standard InChI is InChI=1S/C20H24N2O2/c1-16-11-13-22(14-12-16)19-10-6-5-9-18(19)21-20(23)15-24-17-7-3-2-4-8-17/h2-10,16H,11-15H2,1H3,(H,21,23). The molecule has 0 aromatic heterocycles. The van der Waals surface area contributed by atoms with E-state index in [1.165, 1.54) is 12.8 Å². The van der Waals surface area contributed by atoms with Crippen LogP contribution in [0.25, 0.3) is 0 Å². The Balaban J connectivity index is 1.61. The SMILES string of the molecule is CC1CCN(c2ccccc2NC(=O)COc2ccccc2)CC1. The summed E-state index contributed by atoms with van der Waals surface area (Å²) in [4.78, 5) is 14.6. The van der Waals surface area contributed by atoms with E-state index >= 15 is 0 Å². The normalized spacial score (nSPS) is 15.1. The van der Waals surface area contributed by atoms with E-state index in [-0.39, 0.29) is 12.5 Å². The molecule has 0 unspecified atom stereocenters. The molecule has 0 spiro atoms. The van der Waals surface area contributed by atoms with Crippen LogP contribution >= 0.6 is 0 Å². The van der Waals surface area contributed by atoms with Gasteiger partial charge in [0.2, 0.25) is 0 Å². The number of nitrogens with one attached hydrogen (secondary N) is 1. The molecule has 3 rings (SSSR count). The summed E-state index contributed by atoms with van der Waals surface area (Å²) in [5.41, 5.74) is 1.95. The zero-order valence-electron chi connectivity index (χ0n) is 14.1. The monoisotopic (exact) mass is 324 g/mol. The average Bonchev–Trinajstić information content (AvgIpc) is 2.62. The predicted molar refractivity (Wildman–Crippen MR) is 97.6 cm³/mol. The third-order valence-electron chi connectivity index (χ3n) is 4.42. The predicted octanol–water partition coefficient (Wildman–Crippen LogP) is 3.94. The zero-order chi connectivity index (χ0) is 16.8. The molecule has 0 atom stereocenters. The van der Waals surface area contributed by atoms with Gasteiger partial charge in [-0.2, -0.15) is 0 Å². The summed E-state index contributed by atoms with van der Waals surface area (Å²) in [6, 6.07) is 17.4. The fourth-order valence-electron chi connectivity index (χ4n) is 2.96. The van der Waals surface area contributed by atoms with E-state index in [2.05, 4.69) is 23.2 Å². The molecule has 0 aliphatic carbocycles. The van der Waals surface area contributed by atoms with Gasteiger partial charge in [0.25, 0.3) is 5.91 Å². The number of hydrogen-bond donors (Lipinski definition) is 1. The average molecular weight is 324 g/mol. The number of anilines is 2. The first-order valence-electron chi connectivity index (χ1n) is 8.54. The van der Waals surface area contributed by atoms with E-state index in [1.807, 2.05) is 48.5 Å². The molecular formula is C20H24N2O2. The number of benzene rings is 2. The first kappa shape index (κ1) is 16.4. The van der Waals surface area contributed by atoms with Crippen LogP contribution in [0.2, 0.25) is 0 Å². The Morgan fingerprint density at radius 3 is 2.50 bits per heavy atom. The minimum absolute atomic E-state index is 0.00931. The van der Waals surface area contributed by atoms with Gasteiger partial charge in [0, 0.05) is 13.1 Å². The van der Waals surface area contributed by atoms with Crippen molar-refractivity contribution in [1.82, 2.24) is 0 Å². The van der Waals surface area contributed by atoms with Gasteiger partial charge in [-0.3, -0.25) is 4.79 Å². The second-order valence-corrected chi connectivity index (χ2v) is 6.34. The maximum Gasteiger partial charge on any atom is 0.262 e. The van der Waals surface area contributed by atoms with Gasteiger partial charge in [-0.1, -0.05) is 37.3 Å². The van der Waals surface area contributed by atoms with E-state index in [9.17, 15) is 4.79 Å². The Morgan fingerprint density at radius 2 is 1.75 bits per heavy atom. The highest BCUT2D eigenvalue weighted by atomic mass is 16.5. The van der Waals surface area contributed by atoms with Crippen LogP contribution in [-0.2, 0) is 4.79 Å². The fraction of sp³-hybridized carbons (Fsp3) is 0.350. The molecule has 1 aliphatic rings. The number of piperidine rings is 1. The highest BCUT2D eigenvalue weighted by Gasteiger charge is 2.18. The Hall–Kier alpha value is -2.49. The number of carbonyl (C=O) groups is 1. The highest BCUT2D eigenvalue weighted by Crippen LogP contribution is 2.29. The lowest BCUT2D eigenvalue weighted by Crippen LogP contribution is -2.33. The summed E-state index contributed by atoms with van der Waals surface area (Å²) in [5.74, 6) is 1.34. The van der Waals surface area contributed by atoms with Crippen LogP contribution in [0.5, 0.6) is 5.75 Å². The van der Waals surface area contributed by atoms with Gasteiger partial charge in [0.15, 0.2) is 6.61 Å². The van der Waals surface area contributed by atoms with Crippen molar-refractivity contribution in [2.45, 2.75) is 19.8 Å². The number of carbonyl (C=O) groups excluding carboxylic acids is 1. The molecule has 4 heteroatoms. The number of para-hydroxylation sites is 3. The second kappa shape index (κ2) is 7.86. The summed E-state index contributed by atoms with van der Waals surface area (Å²) < 4.78 is 5.51. The van der Waals surface area contributed by atoms with Crippen LogP contribution in [0.15, 0.2) is 54.6 Å². The molecule has 1 heterocycles. The van der Waals surface area contributed by atoms with E-state index in [4.69, 9.17) is 4.74 Å². The zero-order valence-corrected chi connectivity index (χ0v) is 14.1. The molecule has 2 aromatic carbocycles. The van der Waals surface area contributed by atoms with E-state index < -0.39 is 0 Å². The van der Waals surface area contributed by atoms with Crippen molar-refractivity contribution >= 4 is 17.3 Å². The van der Waals surface area contributed by atoms with Gasteiger partial charge in [0.05, 0.1) is 11.4 Å². The summed E-state index contributed by atoms with van der Waals surface area (Å²) >= 11 is 0. The van der Waals surface area contributed by atoms with Gasteiger partial charge in [0.1, 0.15) is 5.75 Å². The fourth-order valence-corrected chi connectivity index (χ4v) is 2.96. The van der Waals surface area contributed by atoms with Crippen LogP contribution in [0.3, 0.4) is 0 Å². The Morgan fingerprint density at radius 1 is 1.08 bits per heavy atom. The van der Waals surface area contributed by atoms with Gasteiger partial charge < -0.3 is 15.0 Å². The van der Waals surface area contributed by atoms with Crippen LogP contribution in [0.4, 0.5) is 11.4 Å². The van der Waals surface area contributed by atoms with Crippen molar-refractivity contribution in [3.63, 3.8) is 0 Å². The number of hydrogen-bond acceptors (Lipinski definition) is 3. The minimum atomic E-state index is -0.142. The molecule has 2 aromatic rings. The first-order valence-corrected chi connectivity index (χ1v) is 8.54. The van der Waals surface area contributed by atoms with Crippen LogP contribution in [-0.4, -0.2) is 25.6 Å². The Bertz CT molecular complexity index is 664. The molecule has 0 saturated carbocycles. The quantitative estimate of drug-likeness (QED) is 0.906. The van der Waals surface area contributed by atoms with Crippen molar-refractivity contribution in [1.29, 1.82) is 0 Å². The molecule has 1 saturated heterocycles. The summed E-state index contributed by atoms with van der Waals surface area (Å²) in [7, 11) is 0. The minimum Gasteiger partial charge on any atom is -0.484 e. The molecule has 0 bridgehead atoms. The number of ether oxygens (including phenoxy) is 1. The number of nitrogens with zero attached hydrogens (tertiary/aromatic N) is 1. The molecule has 126 valence electrons. The summed E-state index contributed by atoms with van der Waals surface area (Å²) in [5, 5.41) is 2.98. The summed E-state index contributed by atoms with van der Waals surface area (Å²) in [6.07, 6.45) is 2.39. The highest BCUT2D eigenvalue weighted by molar-refractivity contribution is 5.95. The van der Waals surface area contributed by atoms with Gasteiger partial charge in [-0.15, -0.1) is 0 Å². The van der Waals surface area contributed by atoms with Crippen molar-refractivity contribution in [2.75, 3.05) is 29.9 Å². The van der Waals surface area contributed by atoms with Crippen molar-refractivity contribution < 1.29 is 9.53 Å². The topological polar surface area (TPSA) is 41.6 Å². The van der Waals surface area contributed by atoms with Crippen LogP contribution in [0.1, 0.15) is 19.8 Å². The van der Waals surface area contributed by atoms with Crippen molar-refractivity contribution in [3.05, 3.63) is 54.6 Å². The smallest absolute Gasteiger partial charge is 0.262 e. The lowest BCUT2D eigenvalue weighted by Gasteiger charge is -2.33. The molecular weight excluding hydrogens is 300 g/mol. The molecule has 4 nitrogen and oxygen atoms in total. The van der Waals surface area contributed by atoms with Crippen molar-refractivity contribution in [2.24, 2.45) is 5.92 Å². The Kier molecular flexibility index (Phi) is 5.36. The number of rotatable bonds is 5. The largest absolute Gasteiger partial charge is 0.484 e. The van der Waals surface area contributed by atoms with E-state index in [0.717, 1.165) is 30.4 Å². The van der Waals surface area contributed by atoms with Crippen LogP contribution < -0.4 is 15.0 Å². The van der Waals surface area contributed by atoms with Crippen LogP contribution in [0, 0.1) is 5.92 Å². The third kappa shape index (κ3) is 4.28. The second-order valence-electron chi connectivity index (χ2n) is 6.34. The molecule has 1 amide bonds. The van der Waals surface area contributed by atoms with Gasteiger partial charge in [-0.25, -0.2) is 0 Å².